The maximum Gasteiger partial charge on any atom is 0.200 e. The Hall–Kier alpha value is -1.20. The summed E-state index contributed by atoms with van der Waals surface area (Å²) in [5, 5.41) is 8.34. The van der Waals surface area contributed by atoms with Crippen LogP contribution in [0.4, 0.5) is 8.78 Å². The lowest BCUT2D eigenvalue weighted by Crippen LogP contribution is -2.07. The van der Waals surface area contributed by atoms with Crippen molar-refractivity contribution in [3.63, 3.8) is 0 Å². The molecule has 0 unspecified atom stereocenters. The predicted octanol–water partition coefficient (Wildman–Crippen LogP) is 1.45. The van der Waals surface area contributed by atoms with Gasteiger partial charge in [0, 0.05) is 6.54 Å². The van der Waals surface area contributed by atoms with Gasteiger partial charge in [-0.1, -0.05) is 0 Å². The molecule has 2 N–H and O–H groups in total. The number of hydroxylamine groups is 1. The van der Waals surface area contributed by atoms with Crippen LogP contribution in [0.1, 0.15) is 5.56 Å². The van der Waals surface area contributed by atoms with Crippen LogP contribution in [-0.2, 0) is 6.54 Å². The highest BCUT2D eigenvalue weighted by molar-refractivity contribution is 5.31. The fourth-order valence-corrected chi connectivity index (χ4v) is 0.959. The number of hydrogen-bond acceptors (Lipinski definition) is 3. The predicted molar refractivity (Wildman–Crippen MR) is 41.5 cm³/mol. The van der Waals surface area contributed by atoms with E-state index in [2.05, 4.69) is 4.74 Å². The fourth-order valence-electron chi connectivity index (χ4n) is 0.959. The molecular weight excluding hydrogens is 180 g/mol. The molecule has 0 aliphatic carbocycles. The van der Waals surface area contributed by atoms with Gasteiger partial charge in [0.05, 0.1) is 7.11 Å². The summed E-state index contributed by atoms with van der Waals surface area (Å²) in [4.78, 5) is 0. The second kappa shape index (κ2) is 4.15. The smallest absolute Gasteiger partial charge is 0.200 e. The summed E-state index contributed by atoms with van der Waals surface area (Å²) in [5.41, 5.74) is 2.24. The van der Waals surface area contributed by atoms with Crippen molar-refractivity contribution in [1.29, 1.82) is 0 Å². The van der Waals surface area contributed by atoms with Crippen LogP contribution in [0.2, 0.25) is 0 Å². The van der Waals surface area contributed by atoms with Gasteiger partial charge in [0.15, 0.2) is 11.6 Å². The van der Waals surface area contributed by atoms with Crippen LogP contribution in [0.3, 0.4) is 0 Å². The molecule has 5 heteroatoms. The number of rotatable bonds is 3. The fraction of sp³-hybridized carbons (Fsp3) is 0.250. The third-order valence-corrected chi connectivity index (χ3v) is 1.56. The minimum absolute atomic E-state index is 0.0353. The molecule has 3 nitrogen and oxygen atoms in total. The van der Waals surface area contributed by atoms with Crippen LogP contribution in [0.15, 0.2) is 12.1 Å². The van der Waals surface area contributed by atoms with Crippen molar-refractivity contribution in [3.8, 4) is 5.75 Å². The van der Waals surface area contributed by atoms with Gasteiger partial charge in [-0.3, -0.25) is 0 Å². The van der Waals surface area contributed by atoms with Gasteiger partial charge in [-0.25, -0.2) is 9.87 Å². The van der Waals surface area contributed by atoms with Crippen molar-refractivity contribution in [2.24, 2.45) is 0 Å². The number of hydrogen-bond donors (Lipinski definition) is 2. The molecule has 1 aromatic rings. The van der Waals surface area contributed by atoms with E-state index in [9.17, 15) is 8.78 Å². The molecule has 0 saturated heterocycles. The molecule has 0 fully saturated rings. The maximum atomic E-state index is 12.8. The Morgan fingerprint density at radius 1 is 1.46 bits per heavy atom. The molecular formula is C8H9F2NO2. The Morgan fingerprint density at radius 2 is 2.15 bits per heavy atom. The molecule has 0 radical (unpaired) electrons. The van der Waals surface area contributed by atoms with Gasteiger partial charge in [0.1, 0.15) is 0 Å². The molecule has 13 heavy (non-hydrogen) atoms. The second-order valence-electron chi connectivity index (χ2n) is 2.43. The Bertz CT molecular complexity index is 304. The van der Waals surface area contributed by atoms with Crippen LogP contribution < -0.4 is 10.2 Å². The normalized spacial score (nSPS) is 10.2. The van der Waals surface area contributed by atoms with Gasteiger partial charge < -0.3 is 9.94 Å². The lowest BCUT2D eigenvalue weighted by molar-refractivity contribution is 0.161. The number of nitrogens with one attached hydrogen (secondary N) is 1. The molecule has 72 valence electrons. The van der Waals surface area contributed by atoms with Crippen LogP contribution >= 0.6 is 0 Å². The van der Waals surface area contributed by atoms with Crippen LogP contribution in [0, 0.1) is 11.6 Å². The molecule has 0 aliphatic heterocycles. The largest absolute Gasteiger partial charge is 0.494 e. The molecule has 0 aromatic heterocycles. The van der Waals surface area contributed by atoms with E-state index in [0.29, 0.717) is 5.56 Å². The Balaban J connectivity index is 3.06. The van der Waals surface area contributed by atoms with Crippen LogP contribution in [-0.4, -0.2) is 12.3 Å². The van der Waals surface area contributed by atoms with Gasteiger partial charge in [0.25, 0.3) is 0 Å². The van der Waals surface area contributed by atoms with E-state index in [-0.39, 0.29) is 12.3 Å². The standard InChI is InChI=1S/C8H9F2NO2/c1-13-7-3-5(4-11-12)2-6(9)8(7)10/h2-3,11-12H,4H2,1H3. The Morgan fingerprint density at radius 3 is 2.69 bits per heavy atom. The van der Waals surface area contributed by atoms with Gasteiger partial charge in [0.2, 0.25) is 5.82 Å². The highest BCUT2D eigenvalue weighted by Crippen LogP contribution is 2.21. The van der Waals surface area contributed by atoms with Crippen molar-refractivity contribution in [2.75, 3.05) is 7.11 Å². The highest BCUT2D eigenvalue weighted by atomic mass is 19.2. The monoisotopic (exact) mass is 189 g/mol. The summed E-state index contributed by atoms with van der Waals surface area (Å²) in [5.74, 6) is -2.20. The Labute approximate surface area is 73.9 Å². The molecule has 0 bridgehead atoms. The van der Waals surface area contributed by atoms with E-state index >= 15 is 0 Å². The lowest BCUT2D eigenvalue weighted by Gasteiger charge is -2.05. The maximum absolute atomic E-state index is 12.8. The summed E-state index contributed by atoms with van der Waals surface area (Å²) in [6.45, 7) is 0.0353. The van der Waals surface area contributed by atoms with Crippen molar-refractivity contribution < 1.29 is 18.7 Å². The number of halogens is 2. The highest BCUT2D eigenvalue weighted by Gasteiger charge is 2.10. The number of ether oxygens (including phenoxy) is 1. The van der Waals surface area contributed by atoms with Crippen LogP contribution in [0.5, 0.6) is 5.75 Å². The quantitative estimate of drug-likeness (QED) is 0.707. The molecule has 0 heterocycles. The van der Waals surface area contributed by atoms with Gasteiger partial charge in [-0.15, -0.1) is 0 Å². The molecule has 1 rings (SSSR count). The molecule has 0 saturated carbocycles. The molecule has 0 atom stereocenters. The first kappa shape index (κ1) is 9.88. The Kier molecular flexibility index (Phi) is 3.16. The van der Waals surface area contributed by atoms with Crippen molar-refractivity contribution in [1.82, 2.24) is 5.48 Å². The third kappa shape index (κ3) is 2.13. The minimum Gasteiger partial charge on any atom is -0.494 e. The number of benzene rings is 1. The molecule has 0 aliphatic rings. The summed E-state index contributed by atoms with van der Waals surface area (Å²) in [6.07, 6.45) is 0. The van der Waals surface area contributed by atoms with E-state index in [1.54, 1.807) is 0 Å². The molecule has 0 amide bonds. The SMILES string of the molecule is COc1cc(CNO)cc(F)c1F. The summed E-state index contributed by atoms with van der Waals surface area (Å²) < 4.78 is 30.2. The minimum atomic E-state index is -1.02. The van der Waals surface area contributed by atoms with Crippen LogP contribution in [0.25, 0.3) is 0 Å². The van der Waals surface area contributed by atoms with E-state index in [1.807, 2.05) is 5.48 Å². The summed E-state index contributed by atoms with van der Waals surface area (Å²) in [6, 6.07) is 2.29. The topological polar surface area (TPSA) is 41.5 Å². The second-order valence-corrected chi connectivity index (χ2v) is 2.43. The first-order valence-electron chi connectivity index (χ1n) is 3.58. The van der Waals surface area contributed by atoms with E-state index in [1.165, 1.54) is 13.2 Å². The zero-order chi connectivity index (χ0) is 9.84. The van der Waals surface area contributed by atoms with E-state index < -0.39 is 11.6 Å². The van der Waals surface area contributed by atoms with Gasteiger partial charge in [-0.05, 0) is 17.7 Å². The first-order chi connectivity index (χ1) is 6.19. The lowest BCUT2D eigenvalue weighted by atomic mass is 10.2. The van der Waals surface area contributed by atoms with E-state index in [4.69, 9.17) is 5.21 Å². The van der Waals surface area contributed by atoms with Gasteiger partial charge in [-0.2, -0.15) is 4.39 Å². The average molecular weight is 189 g/mol. The average Bonchev–Trinajstić information content (AvgIpc) is 2.11. The number of methoxy groups -OCH3 is 1. The van der Waals surface area contributed by atoms with E-state index in [0.717, 1.165) is 6.07 Å². The van der Waals surface area contributed by atoms with Crippen molar-refractivity contribution in [2.45, 2.75) is 6.54 Å². The molecule has 1 aromatic carbocycles. The zero-order valence-corrected chi connectivity index (χ0v) is 6.97. The molecule has 0 spiro atoms. The first-order valence-corrected chi connectivity index (χ1v) is 3.58. The van der Waals surface area contributed by atoms with Crippen molar-refractivity contribution in [3.05, 3.63) is 29.3 Å². The summed E-state index contributed by atoms with van der Waals surface area (Å²) in [7, 11) is 1.24. The van der Waals surface area contributed by atoms with Crippen molar-refractivity contribution >= 4 is 0 Å². The summed E-state index contributed by atoms with van der Waals surface area (Å²) >= 11 is 0. The third-order valence-electron chi connectivity index (χ3n) is 1.56. The zero-order valence-electron chi connectivity index (χ0n) is 6.97. The van der Waals surface area contributed by atoms with Gasteiger partial charge >= 0.3 is 0 Å².